The van der Waals surface area contributed by atoms with Crippen LogP contribution in [0.15, 0.2) is 65.1 Å². The molecule has 0 aliphatic heterocycles. The Labute approximate surface area is 171 Å². The molecule has 0 bridgehead atoms. The van der Waals surface area contributed by atoms with Crippen molar-refractivity contribution in [2.75, 3.05) is 12.4 Å². The van der Waals surface area contributed by atoms with Crippen molar-refractivity contribution in [2.24, 2.45) is 0 Å². The van der Waals surface area contributed by atoms with Gasteiger partial charge in [-0.15, -0.1) is 0 Å². The van der Waals surface area contributed by atoms with Gasteiger partial charge in [-0.05, 0) is 60.7 Å². The number of esters is 1. The number of carbonyl (C=O) groups excluding carboxylic acids is 2. The normalized spacial score (nSPS) is 10.8. The molecule has 3 aromatic rings. The van der Waals surface area contributed by atoms with E-state index in [0.717, 1.165) is 5.56 Å². The lowest BCUT2D eigenvalue weighted by Gasteiger charge is -2.03. The topological polar surface area (TPSA) is 68.5 Å². The van der Waals surface area contributed by atoms with E-state index in [1.165, 1.54) is 13.2 Å². The number of furan rings is 1. The number of ether oxygens (including phenoxy) is 1. The number of halogens is 2. The van der Waals surface area contributed by atoms with Crippen LogP contribution in [0.5, 0.6) is 0 Å². The van der Waals surface area contributed by atoms with Gasteiger partial charge in [0.1, 0.15) is 11.5 Å². The lowest BCUT2D eigenvalue weighted by atomic mass is 10.2. The molecule has 0 fully saturated rings. The molecule has 0 atom stereocenters. The molecule has 5 nitrogen and oxygen atoms in total. The van der Waals surface area contributed by atoms with Crippen molar-refractivity contribution in [3.8, 4) is 11.3 Å². The number of nitrogens with one attached hydrogen (secondary N) is 1. The van der Waals surface area contributed by atoms with E-state index >= 15 is 0 Å². The van der Waals surface area contributed by atoms with Crippen molar-refractivity contribution in [1.82, 2.24) is 0 Å². The third-order valence-electron chi connectivity index (χ3n) is 3.75. The standard InChI is InChI=1S/C21H15Cl2NO4/c1-27-21(26)13-2-4-17(5-3-13)24-20(25)9-7-18-6-8-19(28-18)14-10-15(22)12-16(23)11-14/h2-12H,1H3,(H,24,25)/b9-7+. The number of hydrogen-bond donors (Lipinski definition) is 1. The first-order chi connectivity index (χ1) is 13.4. The molecule has 0 aliphatic carbocycles. The van der Waals surface area contributed by atoms with Crippen LogP contribution in [0.2, 0.25) is 10.0 Å². The average Bonchev–Trinajstić information content (AvgIpc) is 3.15. The van der Waals surface area contributed by atoms with Gasteiger partial charge in [-0.3, -0.25) is 4.79 Å². The summed E-state index contributed by atoms with van der Waals surface area (Å²) in [7, 11) is 1.31. The molecule has 0 unspecified atom stereocenters. The highest BCUT2D eigenvalue weighted by atomic mass is 35.5. The minimum atomic E-state index is -0.438. The van der Waals surface area contributed by atoms with E-state index in [2.05, 4.69) is 10.1 Å². The summed E-state index contributed by atoms with van der Waals surface area (Å²) in [4.78, 5) is 23.5. The van der Waals surface area contributed by atoms with Crippen LogP contribution in [0.1, 0.15) is 16.1 Å². The van der Waals surface area contributed by atoms with Crippen molar-refractivity contribution in [3.63, 3.8) is 0 Å². The summed E-state index contributed by atoms with van der Waals surface area (Å²) in [6.07, 6.45) is 2.90. The largest absolute Gasteiger partial charge is 0.465 e. The third kappa shape index (κ3) is 5.03. The minimum absolute atomic E-state index is 0.338. The zero-order chi connectivity index (χ0) is 20.1. The summed E-state index contributed by atoms with van der Waals surface area (Å²) < 4.78 is 10.3. The first-order valence-electron chi connectivity index (χ1n) is 8.18. The van der Waals surface area contributed by atoms with Gasteiger partial charge in [0.15, 0.2) is 0 Å². The Kier molecular flexibility index (Phi) is 6.19. The summed E-state index contributed by atoms with van der Waals surface area (Å²) >= 11 is 12.0. The molecule has 0 spiro atoms. The molecule has 0 saturated heterocycles. The number of carbonyl (C=O) groups is 2. The van der Waals surface area contributed by atoms with Crippen molar-refractivity contribution in [2.45, 2.75) is 0 Å². The fourth-order valence-electron chi connectivity index (χ4n) is 2.44. The number of anilines is 1. The molecule has 0 aliphatic rings. The minimum Gasteiger partial charge on any atom is -0.465 e. The molecule has 142 valence electrons. The predicted molar refractivity (Wildman–Crippen MR) is 110 cm³/mol. The molecular weight excluding hydrogens is 401 g/mol. The van der Waals surface area contributed by atoms with E-state index in [4.69, 9.17) is 27.6 Å². The smallest absolute Gasteiger partial charge is 0.337 e. The number of methoxy groups -OCH3 is 1. The molecule has 0 saturated carbocycles. The molecule has 3 rings (SSSR count). The summed E-state index contributed by atoms with van der Waals surface area (Å²) in [6.45, 7) is 0. The van der Waals surface area contributed by atoms with Crippen LogP contribution in [-0.2, 0) is 9.53 Å². The second-order valence-corrected chi connectivity index (χ2v) is 6.62. The molecule has 1 N–H and O–H groups in total. The Hall–Kier alpha value is -3.02. The SMILES string of the molecule is COC(=O)c1ccc(NC(=O)/C=C/c2ccc(-c3cc(Cl)cc(Cl)c3)o2)cc1. The Bertz CT molecular complexity index is 1020. The summed E-state index contributed by atoms with van der Waals surface area (Å²) in [5.74, 6) is 0.312. The van der Waals surface area contributed by atoms with Gasteiger partial charge in [0.2, 0.25) is 5.91 Å². The van der Waals surface area contributed by atoms with Crippen molar-refractivity contribution < 1.29 is 18.7 Å². The molecule has 1 aromatic heterocycles. The number of amides is 1. The lowest BCUT2D eigenvalue weighted by molar-refractivity contribution is -0.111. The van der Waals surface area contributed by atoms with E-state index in [0.29, 0.717) is 32.8 Å². The third-order valence-corrected chi connectivity index (χ3v) is 4.18. The summed E-state index contributed by atoms with van der Waals surface area (Å²) in [5, 5.41) is 3.71. The quantitative estimate of drug-likeness (QED) is 0.429. The Balaban J connectivity index is 1.64. The summed E-state index contributed by atoms with van der Waals surface area (Å²) in [6, 6.07) is 15.0. The second-order valence-electron chi connectivity index (χ2n) is 5.75. The highest BCUT2D eigenvalue weighted by molar-refractivity contribution is 6.35. The first kappa shape index (κ1) is 19.7. The van der Waals surface area contributed by atoms with Crippen LogP contribution in [-0.4, -0.2) is 19.0 Å². The average molecular weight is 416 g/mol. The van der Waals surface area contributed by atoms with Gasteiger partial charge in [-0.2, -0.15) is 0 Å². The van der Waals surface area contributed by atoms with Crippen LogP contribution in [0.25, 0.3) is 17.4 Å². The highest BCUT2D eigenvalue weighted by Gasteiger charge is 2.07. The van der Waals surface area contributed by atoms with Gasteiger partial charge in [0.05, 0.1) is 12.7 Å². The van der Waals surface area contributed by atoms with Crippen LogP contribution in [0, 0.1) is 0 Å². The van der Waals surface area contributed by atoms with Crippen LogP contribution in [0.4, 0.5) is 5.69 Å². The molecular formula is C21H15Cl2NO4. The molecule has 28 heavy (non-hydrogen) atoms. The van der Waals surface area contributed by atoms with Crippen molar-refractivity contribution in [1.29, 1.82) is 0 Å². The fraction of sp³-hybridized carbons (Fsp3) is 0.0476. The maximum absolute atomic E-state index is 12.1. The van der Waals surface area contributed by atoms with Crippen LogP contribution in [0.3, 0.4) is 0 Å². The number of rotatable bonds is 5. The lowest BCUT2D eigenvalue weighted by Crippen LogP contribution is -2.08. The fourth-order valence-corrected chi connectivity index (χ4v) is 2.97. The Morgan fingerprint density at radius 1 is 1.00 bits per heavy atom. The van der Waals surface area contributed by atoms with Gasteiger partial charge in [0, 0.05) is 27.4 Å². The molecule has 1 heterocycles. The molecule has 7 heteroatoms. The first-order valence-corrected chi connectivity index (χ1v) is 8.94. The van der Waals surface area contributed by atoms with Gasteiger partial charge < -0.3 is 14.5 Å². The molecule has 0 radical (unpaired) electrons. The predicted octanol–water partition coefficient (Wildman–Crippen LogP) is 5.69. The van der Waals surface area contributed by atoms with Gasteiger partial charge in [-0.1, -0.05) is 23.2 Å². The monoisotopic (exact) mass is 415 g/mol. The summed E-state index contributed by atoms with van der Waals surface area (Å²) in [5.41, 5.74) is 1.70. The Morgan fingerprint density at radius 3 is 2.32 bits per heavy atom. The zero-order valence-electron chi connectivity index (χ0n) is 14.7. The van der Waals surface area contributed by atoms with Crippen LogP contribution >= 0.6 is 23.2 Å². The van der Waals surface area contributed by atoms with E-state index in [9.17, 15) is 9.59 Å². The van der Waals surface area contributed by atoms with Gasteiger partial charge in [0.25, 0.3) is 0 Å². The van der Waals surface area contributed by atoms with Crippen molar-refractivity contribution >= 4 is 46.8 Å². The van der Waals surface area contributed by atoms with Crippen LogP contribution < -0.4 is 5.32 Å². The highest BCUT2D eigenvalue weighted by Crippen LogP contribution is 2.28. The molecule has 1 amide bonds. The zero-order valence-corrected chi connectivity index (χ0v) is 16.3. The number of hydrogen-bond acceptors (Lipinski definition) is 4. The van der Waals surface area contributed by atoms with Crippen molar-refractivity contribution in [3.05, 3.63) is 82.0 Å². The van der Waals surface area contributed by atoms with E-state index in [-0.39, 0.29) is 5.91 Å². The van der Waals surface area contributed by atoms with E-state index in [1.807, 2.05) is 0 Å². The number of benzene rings is 2. The second kappa shape index (κ2) is 8.78. The molecule has 2 aromatic carbocycles. The Morgan fingerprint density at radius 2 is 1.68 bits per heavy atom. The van der Waals surface area contributed by atoms with Gasteiger partial charge >= 0.3 is 5.97 Å². The van der Waals surface area contributed by atoms with Gasteiger partial charge in [-0.25, -0.2) is 4.79 Å². The van der Waals surface area contributed by atoms with E-state index < -0.39 is 5.97 Å². The maximum atomic E-state index is 12.1. The van der Waals surface area contributed by atoms with E-state index in [1.54, 1.807) is 60.7 Å². The maximum Gasteiger partial charge on any atom is 0.337 e.